The van der Waals surface area contributed by atoms with Gasteiger partial charge in [0.25, 0.3) is 0 Å². The number of carbonyl (C=O) groups is 2. The van der Waals surface area contributed by atoms with E-state index in [0.29, 0.717) is 13.1 Å². The largest absolute Gasteiger partial charge is 0.369 e. The van der Waals surface area contributed by atoms with E-state index in [1.54, 1.807) is 6.20 Å². The maximum atomic E-state index is 12.3. The molecule has 1 atom stereocenters. The number of allylic oxidation sites excluding steroid dienone is 1. The zero-order valence-corrected chi connectivity index (χ0v) is 14.5. The maximum absolute atomic E-state index is 12.3. The van der Waals surface area contributed by atoms with Gasteiger partial charge in [0.05, 0.1) is 5.92 Å². The third-order valence-corrected chi connectivity index (χ3v) is 5.01. The van der Waals surface area contributed by atoms with E-state index in [4.69, 9.17) is 5.73 Å². The second-order valence-corrected chi connectivity index (χ2v) is 6.83. The van der Waals surface area contributed by atoms with E-state index in [0.717, 1.165) is 55.6 Å². The number of amides is 2. The normalized spacial score (nSPS) is 20.7. The van der Waals surface area contributed by atoms with Crippen molar-refractivity contribution in [2.24, 2.45) is 11.7 Å². The van der Waals surface area contributed by atoms with Crippen molar-refractivity contribution in [2.75, 3.05) is 18.0 Å². The highest BCUT2D eigenvalue weighted by Gasteiger charge is 2.26. The molecule has 1 aliphatic heterocycles. The summed E-state index contributed by atoms with van der Waals surface area (Å²) >= 11 is 0. The Kier molecular flexibility index (Phi) is 5.68. The Labute approximate surface area is 148 Å². The van der Waals surface area contributed by atoms with Gasteiger partial charge in [-0.3, -0.25) is 9.59 Å². The number of primary amides is 1. The van der Waals surface area contributed by atoms with E-state index < -0.39 is 0 Å². The summed E-state index contributed by atoms with van der Waals surface area (Å²) in [6.07, 6.45) is 9.64. The highest BCUT2D eigenvalue weighted by Crippen LogP contribution is 2.24. The summed E-state index contributed by atoms with van der Waals surface area (Å²) in [5.74, 6) is 0.472. The Hall–Kier alpha value is -2.37. The Morgan fingerprint density at radius 2 is 2.20 bits per heavy atom. The molecule has 2 amide bonds. The van der Waals surface area contributed by atoms with Crippen molar-refractivity contribution in [3.63, 3.8) is 0 Å². The predicted octanol–water partition coefficient (Wildman–Crippen LogP) is 1.90. The number of nitrogens with zero attached hydrogens (tertiary/aromatic N) is 2. The lowest BCUT2D eigenvalue weighted by Gasteiger charge is -2.33. The topological polar surface area (TPSA) is 88.3 Å². The number of anilines is 1. The summed E-state index contributed by atoms with van der Waals surface area (Å²) in [7, 11) is 0. The molecule has 25 heavy (non-hydrogen) atoms. The fourth-order valence-electron chi connectivity index (χ4n) is 3.59. The molecular formula is C19H26N4O2. The smallest absolute Gasteiger partial charge is 0.247 e. The molecule has 0 radical (unpaired) electrons. The van der Waals surface area contributed by atoms with Gasteiger partial charge in [-0.05, 0) is 44.6 Å². The molecule has 0 aromatic carbocycles. The first-order valence-corrected chi connectivity index (χ1v) is 9.10. The van der Waals surface area contributed by atoms with Crippen LogP contribution in [0.4, 0.5) is 5.82 Å². The van der Waals surface area contributed by atoms with Crippen LogP contribution in [-0.2, 0) is 16.1 Å². The van der Waals surface area contributed by atoms with Crippen molar-refractivity contribution in [1.29, 1.82) is 0 Å². The SMILES string of the molecule is NC(=O)C1CCCN(c2ncccc2CNC(=O)C2=CCCCC2)C1. The van der Waals surface area contributed by atoms with Crippen LogP contribution >= 0.6 is 0 Å². The molecule has 0 spiro atoms. The molecule has 0 saturated carbocycles. The van der Waals surface area contributed by atoms with Crippen LogP contribution in [0.2, 0.25) is 0 Å². The highest BCUT2D eigenvalue weighted by atomic mass is 16.2. The molecule has 6 nitrogen and oxygen atoms in total. The number of nitrogens with two attached hydrogens (primary N) is 1. The maximum Gasteiger partial charge on any atom is 0.247 e. The Morgan fingerprint density at radius 3 is 2.96 bits per heavy atom. The second kappa shape index (κ2) is 8.14. The van der Waals surface area contributed by atoms with Crippen molar-refractivity contribution >= 4 is 17.6 Å². The molecule has 3 N–H and O–H groups in total. The first-order valence-electron chi connectivity index (χ1n) is 9.10. The molecule has 1 saturated heterocycles. The molecule has 1 aliphatic carbocycles. The van der Waals surface area contributed by atoms with Crippen LogP contribution in [0, 0.1) is 5.92 Å². The molecule has 1 fully saturated rings. The van der Waals surface area contributed by atoms with Gasteiger partial charge in [0.15, 0.2) is 0 Å². The fourth-order valence-corrected chi connectivity index (χ4v) is 3.59. The Bertz CT molecular complexity index is 671. The molecule has 1 aromatic heterocycles. The van der Waals surface area contributed by atoms with Gasteiger partial charge >= 0.3 is 0 Å². The molecule has 1 unspecified atom stereocenters. The molecule has 3 rings (SSSR count). The van der Waals surface area contributed by atoms with Crippen LogP contribution < -0.4 is 16.0 Å². The monoisotopic (exact) mass is 342 g/mol. The summed E-state index contributed by atoms with van der Waals surface area (Å²) in [5.41, 5.74) is 7.34. The van der Waals surface area contributed by atoms with Gasteiger partial charge < -0.3 is 16.0 Å². The van der Waals surface area contributed by atoms with E-state index in [1.807, 2.05) is 18.2 Å². The van der Waals surface area contributed by atoms with Crippen molar-refractivity contribution in [3.05, 3.63) is 35.5 Å². The number of rotatable bonds is 5. The minimum absolute atomic E-state index is 0.0168. The third-order valence-electron chi connectivity index (χ3n) is 5.01. The minimum atomic E-state index is -0.250. The van der Waals surface area contributed by atoms with Crippen molar-refractivity contribution < 1.29 is 9.59 Å². The van der Waals surface area contributed by atoms with Gasteiger partial charge in [-0.1, -0.05) is 12.1 Å². The first kappa shape index (κ1) is 17.5. The van der Waals surface area contributed by atoms with Crippen molar-refractivity contribution in [3.8, 4) is 0 Å². The lowest BCUT2D eigenvalue weighted by Crippen LogP contribution is -2.42. The number of hydrogen-bond acceptors (Lipinski definition) is 4. The van der Waals surface area contributed by atoms with Crippen molar-refractivity contribution in [2.45, 2.75) is 45.1 Å². The average molecular weight is 342 g/mol. The Morgan fingerprint density at radius 1 is 1.32 bits per heavy atom. The van der Waals surface area contributed by atoms with E-state index in [9.17, 15) is 9.59 Å². The van der Waals surface area contributed by atoms with Gasteiger partial charge in [0, 0.05) is 37.0 Å². The number of hydrogen-bond donors (Lipinski definition) is 2. The molecule has 2 aliphatic rings. The molecule has 2 heterocycles. The molecular weight excluding hydrogens is 316 g/mol. The minimum Gasteiger partial charge on any atom is -0.369 e. The lowest BCUT2D eigenvalue weighted by atomic mass is 9.97. The van der Waals surface area contributed by atoms with Crippen LogP contribution in [0.1, 0.15) is 44.1 Å². The van der Waals surface area contributed by atoms with E-state index in [1.165, 1.54) is 6.42 Å². The zero-order valence-electron chi connectivity index (χ0n) is 14.5. The number of pyridine rings is 1. The molecule has 1 aromatic rings. The lowest BCUT2D eigenvalue weighted by molar-refractivity contribution is -0.122. The summed E-state index contributed by atoms with van der Waals surface area (Å²) < 4.78 is 0. The summed E-state index contributed by atoms with van der Waals surface area (Å²) in [6, 6.07) is 3.85. The highest BCUT2D eigenvalue weighted by molar-refractivity contribution is 5.93. The predicted molar refractivity (Wildman–Crippen MR) is 96.8 cm³/mol. The van der Waals surface area contributed by atoms with Gasteiger partial charge in [-0.15, -0.1) is 0 Å². The van der Waals surface area contributed by atoms with Gasteiger partial charge in [-0.25, -0.2) is 4.98 Å². The number of aromatic nitrogens is 1. The second-order valence-electron chi connectivity index (χ2n) is 6.83. The summed E-state index contributed by atoms with van der Waals surface area (Å²) in [4.78, 5) is 30.4. The number of carbonyl (C=O) groups excluding carboxylic acids is 2. The van der Waals surface area contributed by atoms with Crippen LogP contribution in [0.3, 0.4) is 0 Å². The number of piperidine rings is 1. The van der Waals surface area contributed by atoms with Gasteiger partial charge in [0.2, 0.25) is 11.8 Å². The Balaban J connectivity index is 1.67. The third kappa shape index (κ3) is 4.38. The summed E-state index contributed by atoms with van der Waals surface area (Å²) in [5, 5.41) is 3.02. The molecule has 0 bridgehead atoms. The number of nitrogens with one attached hydrogen (secondary N) is 1. The van der Waals surface area contributed by atoms with Crippen LogP contribution in [-0.4, -0.2) is 29.9 Å². The van der Waals surface area contributed by atoms with Gasteiger partial charge in [-0.2, -0.15) is 0 Å². The zero-order chi connectivity index (χ0) is 17.6. The average Bonchev–Trinajstić information content (AvgIpc) is 2.67. The van der Waals surface area contributed by atoms with Gasteiger partial charge in [0.1, 0.15) is 5.82 Å². The quantitative estimate of drug-likeness (QED) is 0.855. The van der Waals surface area contributed by atoms with E-state index >= 15 is 0 Å². The van der Waals surface area contributed by atoms with Crippen molar-refractivity contribution in [1.82, 2.24) is 10.3 Å². The van der Waals surface area contributed by atoms with Crippen LogP contribution in [0.25, 0.3) is 0 Å². The summed E-state index contributed by atoms with van der Waals surface area (Å²) in [6.45, 7) is 1.89. The van der Waals surface area contributed by atoms with Crippen LogP contribution in [0.5, 0.6) is 0 Å². The standard InChI is InChI=1S/C19H26N4O2/c20-17(24)16-9-5-11-23(13-16)18-15(8-4-10-21-18)12-22-19(25)14-6-2-1-3-7-14/h4,6,8,10,16H,1-3,5,7,9,11-13H2,(H2,20,24)(H,22,25). The van der Waals surface area contributed by atoms with E-state index in [2.05, 4.69) is 15.2 Å². The fraction of sp³-hybridized carbons (Fsp3) is 0.526. The van der Waals surface area contributed by atoms with Crippen LogP contribution in [0.15, 0.2) is 30.0 Å². The first-order chi connectivity index (χ1) is 12.1. The molecule has 134 valence electrons. The van der Waals surface area contributed by atoms with E-state index in [-0.39, 0.29) is 17.7 Å². The molecule has 6 heteroatoms.